The molecular formula is C24H30BrN3O4S. The monoisotopic (exact) mass is 535 g/mol. The molecule has 0 fully saturated rings. The van der Waals surface area contributed by atoms with Crippen LogP contribution < -0.4 is 25.6 Å². The SMILES string of the molecule is CCC(C)c1ccc(OCC(=O)NNC(=S)NC(=O)c2cc(Br)ccc2OCC(C)C)cc1. The average Bonchev–Trinajstić information content (AvgIpc) is 2.80. The Morgan fingerprint density at radius 3 is 2.36 bits per heavy atom. The molecule has 3 N–H and O–H groups in total. The summed E-state index contributed by atoms with van der Waals surface area (Å²) in [5, 5.41) is 2.47. The van der Waals surface area contributed by atoms with Gasteiger partial charge in [0.1, 0.15) is 11.5 Å². The number of thiocarbonyl (C=S) groups is 1. The molecular weight excluding hydrogens is 506 g/mol. The molecule has 9 heteroatoms. The van der Waals surface area contributed by atoms with Crippen LogP contribution in [-0.2, 0) is 4.79 Å². The van der Waals surface area contributed by atoms with Crippen LogP contribution in [-0.4, -0.2) is 30.1 Å². The van der Waals surface area contributed by atoms with E-state index in [0.717, 1.165) is 10.9 Å². The summed E-state index contributed by atoms with van der Waals surface area (Å²) in [4.78, 5) is 24.7. The van der Waals surface area contributed by atoms with Gasteiger partial charge in [-0.15, -0.1) is 0 Å². The van der Waals surface area contributed by atoms with E-state index in [9.17, 15) is 9.59 Å². The Morgan fingerprint density at radius 2 is 1.73 bits per heavy atom. The van der Waals surface area contributed by atoms with Gasteiger partial charge in [0.15, 0.2) is 11.7 Å². The van der Waals surface area contributed by atoms with E-state index in [1.165, 1.54) is 5.56 Å². The second-order valence-electron chi connectivity index (χ2n) is 7.97. The molecule has 2 amide bonds. The maximum atomic E-state index is 12.6. The molecule has 0 heterocycles. The van der Waals surface area contributed by atoms with Crippen LogP contribution in [0, 0.1) is 5.92 Å². The van der Waals surface area contributed by atoms with Gasteiger partial charge in [0.05, 0.1) is 12.2 Å². The molecule has 0 spiro atoms. The molecule has 0 saturated heterocycles. The van der Waals surface area contributed by atoms with Gasteiger partial charge >= 0.3 is 0 Å². The van der Waals surface area contributed by atoms with Gasteiger partial charge in [-0.2, -0.15) is 0 Å². The summed E-state index contributed by atoms with van der Waals surface area (Å²) < 4.78 is 11.9. The van der Waals surface area contributed by atoms with Crippen molar-refractivity contribution in [2.24, 2.45) is 5.92 Å². The van der Waals surface area contributed by atoms with Crippen LogP contribution in [0.4, 0.5) is 0 Å². The van der Waals surface area contributed by atoms with Crippen molar-refractivity contribution in [1.82, 2.24) is 16.2 Å². The minimum Gasteiger partial charge on any atom is -0.492 e. The largest absolute Gasteiger partial charge is 0.492 e. The van der Waals surface area contributed by atoms with Crippen LogP contribution in [0.15, 0.2) is 46.9 Å². The van der Waals surface area contributed by atoms with E-state index in [4.69, 9.17) is 21.7 Å². The lowest BCUT2D eigenvalue weighted by atomic mass is 9.99. The highest BCUT2D eigenvalue weighted by Crippen LogP contribution is 2.24. The summed E-state index contributed by atoms with van der Waals surface area (Å²) in [5.74, 6) is 0.918. The van der Waals surface area contributed by atoms with Crippen molar-refractivity contribution < 1.29 is 19.1 Å². The molecule has 0 aliphatic carbocycles. The molecule has 178 valence electrons. The first-order valence-electron chi connectivity index (χ1n) is 10.7. The minimum absolute atomic E-state index is 0.0546. The van der Waals surface area contributed by atoms with Crippen molar-refractivity contribution in [1.29, 1.82) is 0 Å². The van der Waals surface area contributed by atoms with Crippen LogP contribution in [0.1, 0.15) is 56.0 Å². The summed E-state index contributed by atoms with van der Waals surface area (Å²) in [6, 6.07) is 12.8. The Bertz CT molecular complexity index is 967. The number of halogens is 1. The van der Waals surface area contributed by atoms with Gasteiger partial charge in [-0.1, -0.05) is 55.8 Å². The Morgan fingerprint density at radius 1 is 1.03 bits per heavy atom. The lowest BCUT2D eigenvalue weighted by Gasteiger charge is -2.15. The van der Waals surface area contributed by atoms with Gasteiger partial charge < -0.3 is 9.47 Å². The van der Waals surface area contributed by atoms with Crippen molar-refractivity contribution in [3.8, 4) is 11.5 Å². The fourth-order valence-corrected chi connectivity index (χ4v) is 3.21. The molecule has 0 aliphatic rings. The zero-order chi connectivity index (χ0) is 24.4. The number of benzene rings is 2. The van der Waals surface area contributed by atoms with Crippen LogP contribution in [0.5, 0.6) is 11.5 Å². The van der Waals surface area contributed by atoms with E-state index in [0.29, 0.717) is 35.5 Å². The van der Waals surface area contributed by atoms with Gasteiger partial charge in [-0.3, -0.25) is 25.8 Å². The van der Waals surface area contributed by atoms with Crippen molar-refractivity contribution >= 4 is 45.1 Å². The zero-order valence-corrected chi connectivity index (χ0v) is 21.6. The Hall–Kier alpha value is -2.65. The van der Waals surface area contributed by atoms with Gasteiger partial charge in [-0.05, 0) is 66.4 Å². The first kappa shape index (κ1) is 26.6. The predicted octanol–water partition coefficient (Wildman–Crippen LogP) is 4.71. The number of carbonyl (C=O) groups is 2. The quantitative estimate of drug-likeness (QED) is 0.318. The van der Waals surface area contributed by atoms with Crippen molar-refractivity contribution in [2.75, 3.05) is 13.2 Å². The van der Waals surface area contributed by atoms with Crippen LogP contribution in [0.3, 0.4) is 0 Å². The molecule has 2 aromatic rings. The van der Waals surface area contributed by atoms with E-state index in [1.807, 2.05) is 38.1 Å². The second-order valence-corrected chi connectivity index (χ2v) is 9.29. The third kappa shape index (κ3) is 9.01. The smallest absolute Gasteiger partial charge is 0.276 e. The summed E-state index contributed by atoms with van der Waals surface area (Å²) in [6.07, 6.45) is 1.05. The highest BCUT2D eigenvalue weighted by atomic mass is 79.9. The molecule has 1 unspecified atom stereocenters. The predicted molar refractivity (Wildman–Crippen MR) is 136 cm³/mol. The zero-order valence-electron chi connectivity index (χ0n) is 19.2. The molecule has 7 nitrogen and oxygen atoms in total. The number of carbonyl (C=O) groups excluding carboxylic acids is 2. The highest BCUT2D eigenvalue weighted by molar-refractivity contribution is 9.10. The highest BCUT2D eigenvalue weighted by Gasteiger charge is 2.16. The lowest BCUT2D eigenvalue weighted by molar-refractivity contribution is -0.123. The number of hydrogen-bond donors (Lipinski definition) is 3. The van der Waals surface area contributed by atoms with Crippen LogP contribution in [0.25, 0.3) is 0 Å². The van der Waals surface area contributed by atoms with Crippen LogP contribution in [0.2, 0.25) is 0 Å². The van der Waals surface area contributed by atoms with Crippen LogP contribution >= 0.6 is 28.1 Å². The topological polar surface area (TPSA) is 88.7 Å². The molecule has 1 atom stereocenters. The summed E-state index contributed by atoms with van der Waals surface area (Å²) >= 11 is 8.46. The van der Waals surface area contributed by atoms with Gasteiger partial charge in [0.2, 0.25) is 0 Å². The average molecular weight is 536 g/mol. The fraction of sp³-hybridized carbons (Fsp3) is 0.375. The van der Waals surface area contributed by atoms with E-state index in [2.05, 4.69) is 45.9 Å². The Kier molecular flexibility index (Phi) is 10.6. The maximum absolute atomic E-state index is 12.6. The molecule has 0 bridgehead atoms. The summed E-state index contributed by atoms with van der Waals surface area (Å²) in [7, 11) is 0. The standard InChI is InChI=1S/C24H30BrN3O4S/c1-5-16(4)17-6-9-19(10-7-17)31-14-22(29)27-28-24(33)26-23(30)20-12-18(25)8-11-21(20)32-13-15(2)3/h6-12,15-16H,5,13-14H2,1-4H3,(H,27,29)(H2,26,28,30,33). The normalized spacial score (nSPS) is 11.5. The number of ether oxygens (including phenoxy) is 2. The summed E-state index contributed by atoms with van der Waals surface area (Å²) in [6.45, 7) is 8.61. The second kappa shape index (κ2) is 13.2. The van der Waals surface area contributed by atoms with E-state index >= 15 is 0 Å². The molecule has 33 heavy (non-hydrogen) atoms. The Labute approximate surface area is 208 Å². The van der Waals surface area contributed by atoms with E-state index in [-0.39, 0.29) is 11.7 Å². The van der Waals surface area contributed by atoms with Crippen molar-refractivity contribution in [3.63, 3.8) is 0 Å². The first-order valence-corrected chi connectivity index (χ1v) is 11.9. The summed E-state index contributed by atoms with van der Waals surface area (Å²) in [5.41, 5.74) is 6.45. The van der Waals surface area contributed by atoms with Crippen molar-refractivity contribution in [3.05, 3.63) is 58.1 Å². The number of amides is 2. The first-order chi connectivity index (χ1) is 15.7. The minimum atomic E-state index is -0.459. The molecule has 0 saturated carbocycles. The third-order valence-electron chi connectivity index (χ3n) is 4.73. The number of hydrogen-bond acceptors (Lipinski definition) is 5. The van der Waals surface area contributed by atoms with Crippen molar-refractivity contribution in [2.45, 2.75) is 40.0 Å². The Balaban J connectivity index is 1.82. The number of hydrazine groups is 1. The lowest BCUT2D eigenvalue weighted by Crippen LogP contribution is -2.49. The molecule has 0 aromatic heterocycles. The molecule has 0 radical (unpaired) electrons. The van der Waals surface area contributed by atoms with Gasteiger partial charge in [0, 0.05) is 4.47 Å². The number of rotatable bonds is 9. The molecule has 2 rings (SSSR count). The van der Waals surface area contributed by atoms with Gasteiger partial charge in [0.25, 0.3) is 11.8 Å². The third-order valence-corrected chi connectivity index (χ3v) is 5.43. The molecule has 2 aromatic carbocycles. The van der Waals surface area contributed by atoms with E-state index < -0.39 is 11.8 Å². The molecule has 0 aliphatic heterocycles. The maximum Gasteiger partial charge on any atom is 0.276 e. The fourth-order valence-electron chi connectivity index (χ4n) is 2.70. The number of nitrogens with one attached hydrogen (secondary N) is 3. The van der Waals surface area contributed by atoms with E-state index in [1.54, 1.807) is 18.2 Å². The van der Waals surface area contributed by atoms with Gasteiger partial charge in [-0.25, -0.2) is 0 Å².